The Morgan fingerprint density at radius 3 is 2.42 bits per heavy atom. The van der Waals surface area contributed by atoms with E-state index in [-0.39, 0.29) is 11.4 Å². The summed E-state index contributed by atoms with van der Waals surface area (Å²) >= 11 is 0. The first-order chi connectivity index (χ1) is 15.8. The molecule has 0 aliphatic heterocycles. The van der Waals surface area contributed by atoms with Crippen molar-refractivity contribution >= 4 is 22.9 Å². The summed E-state index contributed by atoms with van der Waals surface area (Å²) in [5.74, 6) is -1.24. The molecule has 0 aliphatic rings. The number of fused-ring (bicyclic) bond motifs is 1. The predicted molar refractivity (Wildman–Crippen MR) is 118 cm³/mol. The third-order valence-electron chi connectivity index (χ3n) is 5.03. The lowest BCUT2D eigenvalue weighted by atomic mass is 10.0. The highest BCUT2D eigenvalue weighted by Gasteiger charge is 2.31. The smallest absolute Gasteiger partial charge is 0.416 e. The van der Waals surface area contributed by atoms with Crippen molar-refractivity contribution in [1.29, 1.82) is 0 Å². The largest absolute Gasteiger partial charge is 0.494 e. The van der Waals surface area contributed by atoms with Crippen molar-refractivity contribution in [2.75, 3.05) is 11.9 Å². The van der Waals surface area contributed by atoms with Gasteiger partial charge in [-0.05, 0) is 61.0 Å². The van der Waals surface area contributed by atoms with Gasteiger partial charge in [-0.2, -0.15) is 13.2 Å². The standard InChI is InChI=1S/C25H19F3N2O3/c1-2-33-20-11-9-16(10-12-20)21-15-19-8-3-4-13-30(19)22(21)23(31)24(32)29-18-7-5-6-17(14-18)25(26,27)28/h3-15H,2H2,1H3,(H,29,32). The Hall–Kier alpha value is -4.07. The molecular weight excluding hydrogens is 433 g/mol. The van der Waals surface area contributed by atoms with Gasteiger partial charge in [0.05, 0.1) is 12.2 Å². The van der Waals surface area contributed by atoms with Gasteiger partial charge in [-0.15, -0.1) is 0 Å². The van der Waals surface area contributed by atoms with Gasteiger partial charge in [-0.1, -0.05) is 24.3 Å². The van der Waals surface area contributed by atoms with Crippen LogP contribution < -0.4 is 10.1 Å². The fourth-order valence-electron chi connectivity index (χ4n) is 3.54. The van der Waals surface area contributed by atoms with Crippen LogP contribution in [0.1, 0.15) is 23.0 Å². The Morgan fingerprint density at radius 1 is 0.970 bits per heavy atom. The van der Waals surface area contributed by atoms with E-state index in [0.717, 1.165) is 12.1 Å². The summed E-state index contributed by atoms with van der Waals surface area (Å²) < 4.78 is 46.0. The number of carbonyl (C=O) groups excluding carboxylic acids is 2. The zero-order valence-electron chi connectivity index (χ0n) is 17.5. The lowest BCUT2D eigenvalue weighted by molar-refractivity contribution is -0.137. The zero-order chi connectivity index (χ0) is 23.6. The van der Waals surface area contributed by atoms with E-state index in [1.807, 2.05) is 6.92 Å². The maximum atomic E-state index is 13.2. The van der Waals surface area contributed by atoms with Gasteiger partial charge in [-0.25, -0.2) is 0 Å². The number of rotatable bonds is 6. The molecule has 2 aromatic heterocycles. The summed E-state index contributed by atoms with van der Waals surface area (Å²) in [4.78, 5) is 26.0. The summed E-state index contributed by atoms with van der Waals surface area (Å²) in [5.41, 5.74) is 0.976. The molecule has 0 aliphatic carbocycles. The van der Waals surface area contributed by atoms with Gasteiger partial charge in [0.2, 0.25) is 0 Å². The van der Waals surface area contributed by atoms with Crippen LogP contribution in [0.15, 0.2) is 79.0 Å². The van der Waals surface area contributed by atoms with E-state index in [0.29, 0.717) is 29.0 Å². The summed E-state index contributed by atoms with van der Waals surface area (Å²) in [7, 11) is 0. The number of nitrogens with one attached hydrogen (secondary N) is 1. The van der Waals surface area contributed by atoms with Crippen LogP contribution >= 0.6 is 0 Å². The molecular formula is C25H19F3N2O3. The number of hydrogen-bond acceptors (Lipinski definition) is 3. The van der Waals surface area contributed by atoms with Crippen molar-refractivity contribution in [3.8, 4) is 16.9 Å². The Kier molecular flexibility index (Phi) is 5.91. The molecule has 0 radical (unpaired) electrons. The van der Waals surface area contributed by atoms with E-state index in [4.69, 9.17) is 4.74 Å². The van der Waals surface area contributed by atoms with Gasteiger partial charge in [0, 0.05) is 23.0 Å². The molecule has 0 saturated carbocycles. The molecule has 0 atom stereocenters. The fourth-order valence-corrected chi connectivity index (χ4v) is 3.54. The van der Waals surface area contributed by atoms with Crippen LogP contribution in [-0.2, 0) is 11.0 Å². The molecule has 2 aromatic carbocycles. The molecule has 4 rings (SSSR count). The summed E-state index contributed by atoms with van der Waals surface area (Å²) in [6.07, 6.45) is -2.92. The van der Waals surface area contributed by atoms with E-state index in [9.17, 15) is 22.8 Å². The predicted octanol–water partition coefficient (Wildman–Crippen LogP) is 5.85. The lowest BCUT2D eigenvalue weighted by Gasteiger charge is -2.10. The maximum absolute atomic E-state index is 13.2. The second-order valence-corrected chi connectivity index (χ2v) is 7.22. The van der Waals surface area contributed by atoms with Gasteiger partial charge < -0.3 is 14.5 Å². The molecule has 0 fully saturated rings. The number of hydrogen-bond donors (Lipinski definition) is 1. The maximum Gasteiger partial charge on any atom is 0.416 e. The number of ketones is 1. The molecule has 4 aromatic rings. The van der Waals surface area contributed by atoms with Crippen LogP contribution in [0.2, 0.25) is 0 Å². The first-order valence-corrected chi connectivity index (χ1v) is 10.1. The number of pyridine rings is 1. The van der Waals surface area contributed by atoms with Crippen LogP contribution in [0, 0.1) is 0 Å². The fraction of sp³-hybridized carbons (Fsp3) is 0.120. The summed E-state index contributed by atoms with van der Waals surface area (Å²) in [6.45, 7) is 2.38. The molecule has 2 heterocycles. The number of alkyl halides is 3. The molecule has 1 amide bonds. The Morgan fingerprint density at radius 2 is 1.73 bits per heavy atom. The molecule has 0 bridgehead atoms. The topological polar surface area (TPSA) is 59.8 Å². The number of halogens is 3. The van der Waals surface area contributed by atoms with Crippen molar-refractivity contribution < 1.29 is 27.5 Å². The molecule has 168 valence electrons. The SMILES string of the molecule is CCOc1ccc(-c2cc3ccccn3c2C(=O)C(=O)Nc2cccc(C(F)(F)F)c2)cc1. The summed E-state index contributed by atoms with van der Waals surface area (Å²) in [5, 5.41) is 2.29. The van der Waals surface area contributed by atoms with Crippen molar-refractivity contribution in [1.82, 2.24) is 4.40 Å². The number of aromatic nitrogens is 1. The van der Waals surface area contributed by atoms with Crippen LogP contribution in [0.5, 0.6) is 5.75 Å². The average Bonchev–Trinajstić information content (AvgIpc) is 3.18. The molecule has 33 heavy (non-hydrogen) atoms. The summed E-state index contributed by atoms with van der Waals surface area (Å²) in [6, 6.07) is 18.3. The number of nitrogens with zero attached hydrogens (tertiary/aromatic N) is 1. The number of Topliss-reactive ketones (excluding diaryl/α,β-unsaturated/α-hetero) is 1. The third-order valence-corrected chi connectivity index (χ3v) is 5.03. The normalized spacial score (nSPS) is 11.4. The van der Waals surface area contributed by atoms with Gasteiger partial charge in [0.25, 0.3) is 11.7 Å². The van der Waals surface area contributed by atoms with E-state index in [2.05, 4.69) is 5.32 Å². The number of benzene rings is 2. The Labute approximate surface area is 187 Å². The van der Waals surface area contributed by atoms with Gasteiger partial charge in [0.15, 0.2) is 0 Å². The van der Waals surface area contributed by atoms with Crippen molar-refractivity contribution in [3.05, 3.63) is 90.3 Å². The number of amides is 1. The van der Waals surface area contributed by atoms with Crippen LogP contribution in [-0.4, -0.2) is 22.7 Å². The van der Waals surface area contributed by atoms with Crippen LogP contribution in [0.3, 0.4) is 0 Å². The Balaban J connectivity index is 1.70. The van der Waals surface area contributed by atoms with E-state index >= 15 is 0 Å². The van der Waals surface area contributed by atoms with E-state index in [1.165, 1.54) is 12.1 Å². The van der Waals surface area contributed by atoms with Gasteiger partial charge >= 0.3 is 6.18 Å². The molecule has 0 unspecified atom stereocenters. The monoisotopic (exact) mass is 452 g/mol. The van der Waals surface area contributed by atoms with Gasteiger partial charge in [0.1, 0.15) is 11.4 Å². The molecule has 0 saturated heterocycles. The van der Waals surface area contributed by atoms with Gasteiger partial charge in [-0.3, -0.25) is 9.59 Å². The minimum absolute atomic E-state index is 0.110. The first kappa shape index (κ1) is 22.1. The molecule has 0 spiro atoms. The minimum atomic E-state index is -4.57. The highest BCUT2D eigenvalue weighted by atomic mass is 19.4. The zero-order valence-corrected chi connectivity index (χ0v) is 17.5. The quantitative estimate of drug-likeness (QED) is 0.295. The lowest BCUT2D eigenvalue weighted by Crippen LogP contribution is -2.24. The van der Waals surface area contributed by atoms with E-state index < -0.39 is 23.4 Å². The third kappa shape index (κ3) is 4.59. The molecule has 8 heteroatoms. The molecule has 5 nitrogen and oxygen atoms in total. The van der Waals surface area contributed by atoms with Crippen LogP contribution in [0.4, 0.5) is 18.9 Å². The molecule has 1 N–H and O–H groups in total. The highest BCUT2D eigenvalue weighted by Crippen LogP contribution is 2.32. The number of ether oxygens (including phenoxy) is 1. The van der Waals surface area contributed by atoms with E-state index in [1.54, 1.807) is 59.1 Å². The number of carbonyl (C=O) groups is 2. The number of anilines is 1. The van der Waals surface area contributed by atoms with Crippen molar-refractivity contribution in [2.24, 2.45) is 0 Å². The first-order valence-electron chi connectivity index (χ1n) is 10.1. The van der Waals surface area contributed by atoms with Crippen molar-refractivity contribution in [3.63, 3.8) is 0 Å². The Bertz CT molecular complexity index is 1320. The second-order valence-electron chi connectivity index (χ2n) is 7.22. The minimum Gasteiger partial charge on any atom is -0.494 e. The highest BCUT2D eigenvalue weighted by molar-refractivity contribution is 6.47. The average molecular weight is 452 g/mol. The second kappa shape index (κ2) is 8.82. The van der Waals surface area contributed by atoms with Crippen molar-refractivity contribution in [2.45, 2.75) is 13.1 Å². The van der Waals surface area contributed by atoms with Crippen LogP contribution in [0.25, 0.3) is 16.6 Å².